The predicted molar refractivity (Wildman–Crippen MR) is 83.2 cm³/mol. The summed E-state index contributed by atoms with van der Waals surface area (Å²) in [6, 6.07) is 5.88. The van der Waals surface area contributed by atoms with Crippen molar-refractivity contribution in [2.24, 2.45) is 7.05 Å². The molecule has 2 heterocycles. The second kappa shape index (κ2) is 6.33. The normalized spacial score (nSPS) is 10.6. The van der Waals surface area contributed by atoms with Crippen LogP contribution >= 0.6 is 22.9 Å². The van der Waals surface area contributed by atoms with Gasteiger partial charge in [-0.25, -0.2) is 4.79 Å². The average molecular weight is 312 g/mol. The number of amides is 2. The van der Waals surface area contributed by atoms with Crippen LogP contribution in [0.25, 0.3) is 0 Å². The number of hydrogen-bond donors (Lipinski definition) is 1. The molecule has 4 nitrogen and oxygen atoms in total. The van der Waals surface area contributed by atoms with Crippen molar-refractivity contribution in [3.05, 3.63) is 44.9 Å². The Kier molecular flexibility index (Phi) is 4.73. The highest BCUT2D eigenvalue weighted by atomic mass is 35.5. The molecular weight excluding hydrogens is 294 g/mol. The highest BCUT2D eigenvalue weighted by Gasteiger charge is 2.11. The van der Waals surface area contributed by atoms with E-state index in [1.54, 1.807) is 23.3 Å². The third-order valence-electron chi connectivity index (χ3n) is 3.03. The molecule has 2 aromatic heterocycles. The van der Waals surface area contributed by atoms with E-state index in [1.165, 1.54) is 4.88 Å². The van der Waals surface area contributed by atoms with Crippen LogP contribution in [0.3, 0.4) is 0 Å². The molecule has 0 spiro atoms. The number of thiophene rings is 1. The third-order valence-corrected chi connectivity index (χ3v) is 4.24. The Morgan fingerprint density at radius 1 is 1.50 bits per heavy atom. The summed E-state index contributed by atoms with van der Waals surface area (Å²) in [5.41, 5.74) is 1.000. The Labute approximate surface area is 128 Å². The minimum Gasteiger partial charge on any atom is -0.351 e. The van der Waals surface area contributed by atoms with Crippen LogP contribution in [0.2, 0.25) is 5.02 Å². The van der Waals surface area contributed by atoms with Gasteiger partial charge in [-0.3, -0.25) is 0 Å². The van der Waals surface area contributed by atoms with Gasteiger partial charge in [0.1, 0.15) is 0 Å². The zero-order chi connectivity index (χ0) is 14.7. The molecule has 2 amide bonds. The fraction of sp³-hybridized carbons (Fsp3) is 0.357. The van der Waals surface area contributed by atoms with E-state index < -0.39 is 0 Å². The van der Waals surface area contributed by atoms with Gasteiger partial charge in [0, 0.05) is 35.7 Å². The van der Waals surface area contributed by atoms with Gasteiger partial charge in [0.15, 0.2) is 0 Å². The lowest BCUT2D eigenvalue weighted by Crippen LogP contribution is -2.36. The maximum Gasteiger partial charge on any atom is 0.317 e. The second-order valence-corrected chi connectivity index (χ2v) is 6.60. The molecule has 0 unspecified atom stereocenters. The standard InChI is InChI=1S/C14H18ClN3OS/c1-10-4-5-13(20-10)7-16-14(19)18(3)9-12-6-11(15)8-17(12)2/h4-6,8H,7,9H2,1-3H3,(H,16,19). The van der Waals surface area contributed by atoms with Crippen molar-refractivity contribution in [3.63, 3.8) is 0 Å². The molecular formula is C14H18ClN3OS. The number of hydrogen-bond acceptors (Lipinski definition) is 2. The van der Waals surface area contributed by atoms with E-state index in [0.29, 0.717) is 18.1 Å². The molecule has 0 fully saturated rings. The molecule has 108 valence electrons. The highest BCUT2D eigenvalue weighted by molar-refractivity contribution is 7.11. The monoisotopic (exact) mass is 311 g/mol. The van der Waals surface area contributed by atoms with Gasteiger partial charge in [-0.05, 0) is 25.1 Å². The molecule has 0 saturated heterocycles. The molecule has 6 heteroatoms. The first kappa shape index (κ1) is 14.9. The molecule has 0 aliphatic rings. The molecule has 0 radical (unpaired) electrons. The van der Waals surface area contributed by atoms with Crippen molar-refractivity contribution in [2.75, 3.05) is 7.05 Å². The summed E-state index contributed by atoms with van der Waals surface area (Å²) in [5.74, 6) is 0. The van der Waals surface area contributed by atoms with Crippen LogP contribution in [-0.2, 0) is 20.1 Å². The maximum atomic E-state index is 12.0. The molecule has 0 aliphatic heterocycles. The number of carbonyl (C=O) groups excluding carboxylic acids is 1. The molecule has 0 bridgehead atoms. The topological polar surface area (TPSA) is 37.3 Å². The number of nitrogens with one attached hydrogen (secondary N) is 1. The first-order valence-corrected chi connectivity index (χ1v) is 7.50. The van der Waals surface area contributed by atoms with Crippen LogP contribution in [0.1, 0.15) is 15.4 Å². The van der Waals surface area contributed by atoms with Gasteiger partial charge in [-0.2, -0.15) is 0 Å². The van der Waals surface area contributed by atoms with Crippen LogP contribution in [-0.4, -0.2) is 22.5 Å². The molecule has 2 aromatic rings. The second-order valence-electron chi connectivity index (χ2n) is 4.79. The third kappa shape index (κ3) is 3.77. The summed E-state index contributed by atoms with van der Waals surface area (Å²) in [7, 11) is 3.69. The number of rotatable bonds is 4. The molecule has 1 N–H and O–H groups in total. The van der Waals surface area contributed by atoms with Gasteiger partial charge in [0.25, 0.3) is 0 Å². The van der Waals surface area contributed by atoms with Crippen molar-refractivity contribution in [1.29, 1.82) is 0 Å². The van der Waals surface area contributed by atoms with Gasteiger partial charge >= 0.3 is 6.03 Å². The van der Waals surface area contributed by atoms with E-state index in [4.69, 9.17) is 11.6 Å². The van der Waals surface area contributed by atoms with Crippen molar-refractivity contribution in [3.8, 4) is 0 Å². The highest BCUT2D eigenvalue weighted by Crippen LogP contribution is 2.15. The molecule has 0 saturated carbocycles. The Morgan fingerprint density at radius 2 is 2.25 bits per heavy atom. The first-order chi connectivity index (χ1) is 9.45. The van der Waals surface area contributed by atoms with E-state index >= 15 is 0 Å². The van der Waals surface area contributed by atoms with E-state index in [0.717, 1.165) is 10.6 Å². The Balaban J connectivity index is 1.87. The van der Waals surface area contributed by atoms with Crippen LogP contribution in [0.4, 0.5) is 4.79 Å². The summed E-state index contributed by atoms with van der Waals surface area (Å²) in [5, 5.41) is 3.60. The predicted octanol–water partition coefficient (Wildman–Crippen LogP) is 3.39. The fourth-order valence-electron chi connectivity index (χ4n) is 1.92. The summed E-state index contributed by atoms with van der Waals surface area (Å²) in [4.78, 5) is 16.1. The Morgan fingerprint density at radius 3 is 2.80 bits per heavy atom. The fourth-order valence-corrected chi connectivity index (χ4v) is 3.02. The molecule has 0 atom stereocenters. The first-order valence-electron chi connectivity index (χ1n) is 6.30. The zero-order valence-corrected chi connectivity index (χ0v) is 13.4. The minimum atomic E-state index is -0.0895. The number of urea groups is 1. The minimum absolute atomic E-state index is 0.0895. The summed E-state index contributed by atoms with van der Waals surface area (Å²) in [6.45, 7) is 3.15. The summed E-state index contributed by atoms with van der Waals surface area (Å²) < 4.78 is 1.93. The van der Waals surface area contributed by atoms with Gasteiger partial charge in [0.05, 0.1) is 18.1 Å². The van der Waals surface area contributed by atoms with Gasteiger partial charge < -0.3 is 14.8 Å². The smallest absolute Gasteiger partial charge is 0.317 e. The maximum absolute atomic E-state index is 12.0. The van der Waals surface area contributed by atoms with Crippen LogP contribution in [0.5, 0.6) is 0 Å². The van der Waals surface area contributed by atoms with Crippen molar-refractivity contribution >= 4 is 29.0 Å². The number of aromatic nitrogens is 1. The molecule has 20 heavy (non-hydrogen) atoms. The van der Waals surface area contributed by atoms with Crippen molar-refractivity contribution < 1.29 is 4.79 Å². The molecule has 0 aliphatic carbocycles. The van der Waals surface area contributed by atoms with Crippen molar-refractivity contribution in [1.82, 2.24) is 14.8 Å². The number of nitrogens with zero attached hydrogens (tertiary/aromatic N) is 2. The summed E-state index contributed by atoms with van der Waals surface area (Å²) in [6.07, 6.45) is 1.83. The van der Waals surface area contributed by atoms with E-state index in [1.807, 2.05) is 29.9 Å². The van der Waals surface area contributed by atoms with Crippen LogP contribution < -0.4 is 5.32 Å². The number of aryl methyl sites for hydroxylation is 2. The largest absolute Gasteiger partial charge is 0.351 e. The quantitative estimate of drug-likeness (QED) is 0.923. The summed E-state index contributed by atoms with van der Waals surface area (Å²) >= 11 is 7.63. The van der Waals surface area contributed by atoms with Crippen LogP contribution in [0, 0.1) is 6.92 Å². The average Bonchev–Trinajstić information content (AvgIpc) is 2.93. The number of carbonyl (C=O) groups is 1. The van der Waals surface area contributed by atoms with Gasteiger partial charge in [-0.1, -0.05) is 11.6 Å². The molecule has 0 aromatic carbocycles. The lowest BCUT2D eigenvalue weighted by atomic mass is 10.4. The van der Waals surface area contributed by atoms with E-state index in [9.17, 15) is 4.79 Å². The Bertz CT molecular complexity index is 605. The lowest BCUT2D eigenvalue weighted by Gasteiger charge is -2.18. The SMILES string of the molecule is Cc1ccc(CNC(=O)N(C)Cc2cc(Cl)cn2C)s1. The number of halogens is 1. The zero-order valence-electron chi connectivity index (χ0n) is 11.8. The van der Waals surface area contributed by atoms with Gasteiger partial charge in [0.2, 0.25) is 0 Å². The van der Waals surface area contributed by atoms with Gasteiger partial charge in [-0.15, -0.1) is 11.3 Å². The van der Waals surface area contributed by atoms with Crippen LogP contribution in [0.15, 0.2) is 24.4 Å². The van der Waals surface area contributed by atoms with E-state index in [-0.39, 0.29) is 6.03 Å². The molecule has 2 rings (SSSR count). The van der Waals surface area contributed by atoms with Crippen molar-refractivity contribution in [2.45, 2.75) is 20.0 Å². The van der Waals surface area contributed by atoms with E-state index in [2.05, 4.69) is 18.3 Å². The lowest BCUT2D eigenvalue weighted by molar-refractivity contribution is 0.205. The Hall–Kier alpha value is -1.46.